The summed E-state index contributed by atoms with van der Waals surface area (Å²) in [7, 11) is 0. The predicted octanol–water partition coefficient (Wildman–Crippen LogP) is 1.34. The molecule has 6 heteroatoms. The Bertz CT molecular complexity index is 479. The van der Waals surface area contributed by atoms with Crippen LogP contribution in [0.2, 0.25) is 0 Å². The molecule has 0 radical (unpaired) electrons. The normalized spacial score (nSPS) is 20.1. The average molecular weight is 292 g/mol. The summed E-state index contributed by atoms with van der Waals surface area (Å²) in [5, 5.41) is 21.0. The Labute approximate surface area is 125 Å². The van der Waals surface area contributed by atoms with Crippen molar-refractivity contribution >= 4 is 6.21 Å². The van der Waals surface area contributed by atoms with Gasteiger partial charge in [-0.25, -0.2) is 4.98 Å². The number of aryl methyl sites for hydroxylation is 1. The number of unbranched alkanes of at least 4 members (excludes halogenated alkanes) is 1. The van der Waals surface area contributed by atoms with Crippen molar-refractivity contribution in [3.05, 3.63) is 23.5 Å². The third kappa shape index (κ3) is 4.99. The molecule has 0 bridgehead atoms. The number of piperidine rings is 1. The Morgan fingerprint density at radius 3 is 3.05 bits per heavy atom. The minimum absolute atomic E-state index is 0.0267. The second kappa shape index (κ2) is 7.95. The number of hydrogen-bond donors (Lipinski definition) is 3. The highest BCUT2D eigenvalue weighted by Crippen LogP contribution is 2.15. The van der Waals surface area contributed by atoms with Gasteiger partial charge in [0.2, 0.25) is 0 Å². The van der Waals surface area contributed by atoms with E-state index in [1.165, 1.54) is 6.42 Å². The number of rotatable bonds is 6. The molecule has 0 saturated carbocycles. The molecule has 0 aliphatic carbocycles. The van der Waals surface area contributed by atoms with E-state index >= 15 is 0 Å². The van der Waals surface area contributed by atoms with Gasteiger partial charge in [0.1, 0.15) is 11.4 Å². The monoisotopic (exact) mass is 292 g/mol. The smallest absolute Gasteiger partial charge is 0.142 e. The van der Waals surface area contributed by atoms with Crippen molar-refractivity contribution in [3.63, 3.8) is 0 Å². The Balaban J connectivity index is 1.74. The number of oxime groups is 1. The zero-order valence-electron chi connectivity index (χ0n) is 12.3. The van der Waals surface area contributed by atoms with Crippen LogP contribution in [0.5, 0.6) is 5.75 Å². The first kappa shape index (κ1) is 15.7. The average Bonchev–Trinajstić information content (AvgIpc) is 2.47. The van der Waals surface area contributed by atoms with E-state index in [0.29, 0.717) is 11.7 Å². The number of likely N-dealkylation sites (tertiary alicyclic amines) is 1. The molecule has 4 N–H and O–H groups in total. The van der Waals surface area contributed by atoms with E-state index in [1.54, 1.807) is 12.1 Å². The Morgan fingerprint density at radius 1 is 1.43 bits per heavy atom. The highest BCUT2D eigenvalue weighted by Gasteiger charge is 2.15. The molecular formula is C15H24N4O2. The van der Waals surface area contributed by atoms with Crippen LogP contribution in [0.25, 0.3) is 0 Å². The lowest BCUT2D eigenvalue weighted by atomic mass is 10.1. The van der Waals surface area contributed by atoms with Crippen LogP contribution in [0.15, 0.2) is 17.3 Å². The van der Waals surface area contributed by atoms with E-state index in [-0.39, 0.29) is 5.75 Å². The quantitative estimate of drug-likeness (QED) is 0.318. The molecule has 1 atom stereocenters. The third-order valence-corrected chi connectivity index (χ3v) is 3.84. The van der Waals surface area contributed by atoms with Crippen LogP contribution < -0.4 is 5.73 Å². The van der Waals surface area contributed by atoms with Gasteiger partial charge in [-0.2, -0.15) is 0 Å². The number of aromatic hydroxyl groups is 1. The Hall–Kier alpha value is -1.66. The fourth-order valence-corrected chi connectivity index (χ4v) is 2.73. The molecule has 0 spiro atoms. The molecule has 1 unspecified atom stereocenters. The molecule has 0 amide bonds. The van der Waals surface area contributed by atoms with Crippen LogP contribution in [0, 0.1) is 0 Å². The van der Waals surface area contributed by atoms with Crippen LogP contribution in [0.4, 0.5) is 0 Å². The lowest BCUT2D eigenvalue weighted by Gasteiger charge is -2.30. The van der Waals surface area contributed by atoms with E-state index in [0.717, 1.165) is 57.2 Å². The lowest BCUT2D eigenvalue weighted by Crippen LogP contribution is -2.43. The van der Waals surface area contributed by atoms with Crippen molar-refractivity contribution in [3.8, 4) is 5.75 Å². The van der Waals surface area contributed by atoms with Crippen LogP contribution in [0.1, 0.15) is 37.1 Å². The maximum absolute atomic E-state index is 9.55. The van der Waals surface area contributed by atoms with Gasteiger partial charge in [-0.15, -0.1) is 0 Å². The highest BCUT2D eigenvalue weighted by atomic mass is 16.4. The maximum atomic E-state index is 9.55. The summed E-state index contributed by atoms with van der Waals surface area (Å²) in [6.07, 6.45) is 6.49. The largest absolute Gasteiger partial charge is 0.506 e. The Kier molecular flexibility index (Phi) is 5.95. The van der Waals surface area contributed by atoms with Crippen molar-refractivity contribution in [1.29, 1.82) is 0 Å². The van der Waals surface area contributed by atoms with Gasteiger partial charge in [0.25, 0.3) is 0 Å². The fraction of sp³-hybridized carbons (Fsp3) is 0.600. The standard InChI is InChI=1S/C15H24N4O2/c16-12-4-3-9-19(11-12)8-2-1-5-13-6-7-15(20)14(18-13)10-17-21/h6-7,10,12,20-21H,1-5,8-9,11,16H2. The summed E-state index contributed by atoms with van der Waals surface area (Å²) in [4.78, 5) is 6.70. The molecule has 0 aromatic carbocycles. The molecule has 2 rings (SSSR count). The summed E-state index contributed by atoms with van der Waals surface area (Å²) in [6.45, 7) is 3.24. The highest BCUT2D eigenvalue weighted by molar-refractivity contribution is 5.80. The molecule has 116 valence electrons. The summed E-state index contributed by atoms with van der Waals surface area (Å²) in [5.74, 6) is 0.0267. The van der Waals surface area contributed by atoms with E-state index in [9.17, 15) is 5.11 Å². The van der Waals surface area contributed by atoms with E-state index in [1.807, 2.05) is 0 Å². The number of pyridine rings is 1. The van der Waals surface area contributed by atoms with Gasteiger partial charge in [0.05, 0.1) is 6.21 Å². The fourth-order valence-electron chi connectivity index (χ4n) is 2.73. The lowest BCUT2D eigenvalue weighted by molar-refractivity contribution is 0.206. The first-order valence-electron chi connectivity index (χ1n) is 7.53. The maximum Gasteiger partial charge on any atom is 0.142 e. The number of nitrogens with two attached hydrogens (primary N) is 1. The van der Waals surface area contributed by atoms with Crippen LogP contribution in [0.3, 0.4) is 0 Å². The SMILES string of the molecule is NC1CCCN(CCCCc2ccc(O)c(C=NO)n2)C1. The minimum Gasteiger partial charge on any atom is -0.506 e. The van der Waals surface area contributed by atoms with Crippen molar-refractivity contribution in [2.24, 2.45) is 10.9 Å². The molecular weight excluding hydrogens is 268 g/mol. The zero-order valence-corrected chi connectivity index (χ0v) is 12.3. The second-order valence-electron chi connectivity index (χ2n) is 5.61. The van der Waals surface area contributed by atoms with Crippen molar-refractivity contribution in [2.45, 2.75) is 38.1 Å². The zero-order chi connectivity index (χ0) is 15.1. The molecule has 6 nitrogen and oxygen atoms in total. The van der Waals surface area contributed by atoms with E-state index in [2.05, 4.69) is 15.0 Å². The van der Waals surface area contributed by atoms with Crippen LogP contribution in [-0.2, 0) is 6.42 Å². The summed E-state index contributed by atoms with van der Waals surface area (Å²) in [6, 6.07) is 3.72. The summed E-state index contributed by atoms with van der Waals surface area (Å²) in [5.41, 5.74) is 7.18. The topological polar surface area (TPSA) is 95.0 Å². The summed E-state index contributed by atoms with van der Waals surface area (Å²) >= 11 is 0. The van der Waals surface area contributed by atoms with E-state index < -0.39 is 0 Å². The first-order valence-corrected chi connectivity index (χ1v) is 7.53. The van der Waals surface area contributed by atoms with Gasteiger partial charge in [0, 0.05) is 18.3 Å². The van der Waals surface area contributed by atoms with Crippen molar-refractivity contribution in [2.75, 3.05) is 19.6 Å². The molecule has 1 aromatic rings. The predicted molar refractivity (Wildman–Crippen MR) is 81.9 cm³/mol. The van der Waals surface area contributed by atoms with Crippen molar-refractivity contribution in [1.82, 2.24) is 9.88 Å². The van der Waals surface area contributed by atoms with Gasteiger partial charge in [-0.3, -0.25) is 0 Å². The first-order chi connectivity index (χ1) is 10.2. The summed E-state index contributed by atoms with van der Waals surface area (Å²) < 4.78 is 0. The number of nitrogens with zero attached hydrogens (tertiary/aromatic N) is 3. The van der Waals surface area contributed by atoms with Crippen LogP contribution >= 0.6 is 0 Å². The molecule has 1 aliphatic heterocycles. The third-order valence-electron chi connectivity index (χ3n) is 3.84. The number of hydrogen-bond acceptors (Lipinski definition) is 6. The van der Waals surface area contributed by atoms with Crippen LogP contribution in [-0.4, -0.2) is 52.1 Å². The molecule has 2 heterocycles. The van der Waals surface area contributed by atoms with Gasteiger partial charge >= 0.3 is 0 Å². The number of aromatic nitrogens is 1. The van der Waals surface area contributed by atoms with Gasteiger partial charge in [-0.1, -0.05) is 5.16 Å². The minimum atomic E-state index is 0.0267. The van der Waals surface area contributed by atoms with Crippen molar-refractivity contribution < 1.29 is 10.3 Å². The van der Waals surface area contributed by atoms with E-state index in [4.69, 9.17) is 10.9 Å². The molecule has 1 aliphatic rings. The van der Waals surface area contributed by atoms with Gasteiger partial charge in [0.15, 0.2) is 0 Å². The second-order valence-corrected chi connectivity index (χ2v) is 5.61. The Morgan fingerprint density at radius 2 is 2.29 bits per heavy atom. The van der Waals surface area contributed by atoms with Gasteiger partial charge < -0.3 is 20.9 Å². The molecule has 1 aromatic heterocycles. The molecule has 21 heavy (non-hydrogen) atoms. The molecule has 1 saturated heterocycles. The van der Waals surface area contributed by atoms with Gasteiger partial charge in [-0.05, 0) is 57.3 Å². The molecule has 1 fully saturated rings.